The number of alkyl halides is 2. The summed E-state index contributed by atoms with van der Waals surface area (Å²) >= 11 is 4.92. The van der Waals surface area contributed by atoms with Gasteiger partial charge in [0, 0.05) is 0 Å². The minimum atomic E-state index is -0.432. The second-order valence-electron chi connectivity index (χ2n) is 8.12. The van der Waals surface area contributed by atoms with Gasteiger partial charge < -0.3 is 14.2 Å². The highest BCUT2D eigenvalue weighted by atomic mass is 127. The van der Waals surface area contributed by atoms with Gasteiger partial charge in [-0.25, -0.2) is 0 Å². The van der Waals surface area contributed by atoms with E-state index < -0.39 is 12.6 Å². The maximum absolute atomic E-state index is 5.83. The lowest BCUT2D eigenvalue weighted by atomic mass is 10.1. The van der Waals surface area contributed by atoms with E-state index in [9.17, 15) is 0 Å². The Morgan fingerprint density at radius 1 is 0.484 bits per heavy atom. The third kappa shape index (κ3) is 23.8. The Morgan fingerprint density at radius 2 is 0.774 bits per heavy atom. The van der Waals surface area contributed by atoms with E-state index in [1.54, 1.807) is 12.2 Å². The molecule has 0 radical (unpaired) electrons. The minimum Gasteiger partial charge on any atom is -0.349 e. The van der Waals surface area contributed by atoms with Gasteiger partial charge in [0.15, 0.2) is 12.6 Å². The fourth-order valence-corrected chi connectivity index (χ4v) is 4.45. The maximum Gasteiger partial charge on any atom is 0.179 e. The van der Waals surface area contributed by atoms with Crippen molar-refractivity contribution in [2.75, 3.05) is 22.1 Å². The molecule has 184 valence electrons. The first-order valence-corrected chi connectivity index (χ1v) is 15.6. The fraction of sp³-hybridized carbons (Fsp3) is 0.846. The zero-order valence-electron chi connectivity index (χ0n) is 19.8. The third-order valence-corrected chi connectivity index (χ3v) is 6.80. The Labute approximate surface area is 220 Å². The van der Waals surface area contributed by atoms with Crippen LogP contribution in [0.15, 0.2) is 25.3 Å². The van der Waals surface area contributed by atoms with E-state index in [1.807, 2.05) is 0 Å². The molecule has 0 bridgehead atoms. The number of hydrogen-bond acceptors (Lipinski definition) is 3. The van der Waals surface area contributed by atoms with Crippen molar-refractivity contribution < 1.29 is 14.2 Å². The van der Waals surface area contributed by atoms with Crippen LogP contribution in [-0.4, -0.2) is 34.6 Å². The van der Waals surface area contributed by atoms with Gasteiger partial charge >= 0.3 is 0 Å². The highest BCUT2D eigenvalue weighted by Crippen LogP contribution is 2.12. The van der Waals surface area contributed by atoms with Crippen molar-refractivity contribution in [1.29, 1.82) is 0 Å². The molecule has 5 heteroatoms. The van der Waals surface area contributed by atoms with Crippen molar-refractivity contribution in [2.45, 2.75) is 115 Å². The predicted octanol–water partition coefficient (Wildman–Crippen LogP) is 9.17. The zero-order chi connectivity index (χ0) is 22.8. The average molecular weight is 662 g/mol. The van der Waals surface area contributed by atoms with Crippen LogP contribution in [0, 0.1) is 0 Å². The first kappa shape index (κ1) is 31.8. The Hall–Kier alpha value is 0.820. The number of ether oxygens (including phenoxy) is 3. The van der Waals surface area contributed by atoms with Gasteiger partial charge in [-0.05, 0) is 46.7 Å². The van der Waals surface area contributed by atoms with Crippen LogP contribution in [-0.2, 0) is 14.2 Å². The molecule has 0 spiro atoms. The Balaban J connectivity index is 3.61. The summed E-state index contributed by atoms with van der Waals surface area (Å²) in [6.45, 7) is 9.06. The van der Waals surface area contributed by atoms with Crippen molar-refractivity contribution in [1.82, 2.24) is 0 Å². The largest absolute Gasteiger partial charge is 0.349 e. The lowest BCUT2D eigenvalue weighted by Gasteiger charge is -2.21. The van der Waals surface area contributed by atoms with Crippen molar-refractivity contribution in [3.8, 4) is 0 Å². The molecule has 2 unspecified atom stereocenters. The van der Waals surface area contributed by atoms with Crippen molar-refractivity contribution >= 4 is 45.2 Å². The van der Waals surface area contributed by atoms with Crippen LogP contribution in [0.2, 0.25) is 0 Å². The van der Waals surface area contributed by atoms with Crippen LogP contribution < -0.4 is 0 Å². The highest BCUT2D eigenvalue weighted by molar-refractivity contribution is 14.1. The molecular formula is C26H48I2O3. The Morgan fingerprint density at radius 3 is 1.06 bits per heavy atom. The third-order valence-electron chi connectivity index (χ3n) is 5.27. The molecule has 0 aromatic carbocycles. The molecular weight excluding hydrogens is 614 g/mol. The van der Waals surface area contributed by atoms with Gasteiger partial charge in [0.25, 0.3) is 0 Å². The van der Waals surface area contributed by atoms with Crippen molar-refractivity contribution in [2.24, 2.45) is 0 Å². The summed E-state index contributed by atoms with van der Waals surface area (Å²) < 4.78 is 20.0. The second kappa shape index (κ2) is 27.1. The molecule has 0 aliphatic carbocycles. The maximum atomic E-state index is 5.83. The Bertz CT molecular complexity index is 346. The SMILES string of the molecule is C=CC(OCCCCCCCCCCI)OC(C=C)OCCCCCCCCCCI. The van der Waals surface area contributed by atoms with E-state index in [0.717, 1.165) is 12.8 Å². The van der Waals surface area contributed by atoms with E-state index in [4.69, 9.17) is 14.2 Å². The van der Waals surface area contributed by atoms with E-state index in [2.05, 4.69) is 58.3 Å². The predicted molar refractivity (Wildman–Crippen MR) is 153 cm³/mol. The molecule has 0 N–H and O–H groups in total. The van der Waals surface area contributed by atoms with E-state index in [1.165, 1.54) is 98.7 Å². The van der Waals surface area contributed by atoms with Gasteiger partial charge in [0.05, 0.1) is 13.2 Å². The van der Waals surface area contributed by atoms with Crippen LogP contribution in [0.4, 0.5) is 0 Å². The average Bonchev–Trinajstić information content (AvgIpc) is 2.79. The molecule has 0 amide bonds. The van der Waals surface area contributed by atoms with Crippen molar-refractivity contribution in [3.63, 3.8) is 0 Å². The van der Waals surface area contributed by atoms with Gasteiger partial charge in [-0.1, -0.05) is 135 Å². The van der Waals surface area contributed by atoms with Gasteiger partial charge in [0.1, 0.15) is 0 Å². The lowest BCUT2D eigenvalue weighted by Crippen LogP contribution is -2.24. The standard InChI is InChI=1S/C26H48I2O3/c1-3-25(29-23-19-15-11-7-5-9-13-17-21-27)31-26(4-2)30-24-20-16-12-8-6-10-14-18-22-28/h3-4,25-26H,1-2,5-24H2. The molecule has 0 saturated carbocycles. The first-order chi connectivity index (χ1) is 15.3. The number of halogens is 2. The molecule has 0 saturated heterocycles. The number of hydrogen-bond donors (Lipinski definition) is 0. The summed E-state index contributed by atoms with van der Waals surface area (Å²) in [5, 5.41) is 0. The molecule has 0 aromatic rings. The monoisotopic (exact) mass is 662 g/mol. The highest BCUT2D eigenvalue weighted by Gasteiger charge is 2.12. The molecule has 3 nitrogen and oxygen atoms in total. The smallest absolute Gasteiger partial charge is 0.179 e. The molecule has 0 rings (SSSR count). The van der Waals surface area contributed by atoms with Crippen molar-refractivity contribution in [3.05, 3.63) is 25.3 Å². The van der Waals surface area contributed by atoms with Gasteiger partial charge in [-0.2, -0.15) is 0 Å². The quantitative estimate of drug-likeness (QED) is 0.0304. The van der Waals surface area contributed by atoms with Crippen LogP contribution in [0.1, 0.15) is 103 Å². The normalized spacial score (nSPS) is 13.2. The van der Waals surface area contributed by atoms with E-state index in [-0.39, 0.29) is 0 Å². The van der Waals surface area contributed by atoms with Crippen LogP contribution >= 0.6 is 45.2 Å². The summed E-state index contributed by atoms with van der Waals surface area (Å²) in [5.74, 6) is 0. The number of unbranched alkanes of at least 4 members (excludes halogenated alkanes) is 14. The zero-order valence-corrected chi connectivity index (χ0v) is 24.2. The lowest BCUT2D eigenvalue weighted by molar-refractivity contribution is -0.207. The minimum absolute atomic E-state index is 0.432. The summed E-state index contributed by atoms with van der Waals surface area (Å²) in [6, 6.07) is 0. The van der Waals surface area contributed by atoms with Gasteiger partial charge in [-0.15, -0.1) is 0 Å². The molecule has 2 atom stereocenters. The van der Waals surface area contributed by atoms with E-state index in [0.29, 0.717) is 13.2 Å². The number of rotatable bonds is 26. The van der Waals surface area contributed by atoms with E-state index >= 15 is 0 Å². The summed E-state index contributed by atoms with van der Waals surface area (Å²) in [7, 11) is 0. The molecule has 0 aliphatic heterocycles. The molecule has 0 fully saturated rings. The van der Waals surface area contributed by atoms with Crippen LogP contribution in [0.5, 0.6) is 0 Å². The van der Waals surface area contributed by atoms with Crippen LogP contribution in [0.25, 0.3) is 0 Å². The summed E-state index contributed by atoms with van der Waals surface area (Å²) in [5.41, 5.74) is 0. The summed E-state index contributed by atoms with van der Waals surface area (Å²) in [4.78, 5) is 0. The van der Waals surface area contributed by atoms with Gasteiger partial charge in [-0.3, -0.25) is 0 Å². The fourth-order valence-electron chi connectivity index (χ4n) is 3.37. The second-order valence-corrected chi connectivity index (χ2v) is 10.3. The molecule has 31 heavy (non-hydrogen) atoms. The molecule has 0 heterocycles. The van der Waals surface area contributed by atoms with Crippen LogP contribution in [0.3, 0.4) is 0 Å². The molecule has 0 aromatic heterocycles. The summed E-state index contributed by atoms with van der Waals surface area (Å²) in [6.07, 6.45) is 23.4. The van der Waals surface area contributed by atoms with Gasteiger partial charge in [0.2, 0.25) is 0 Å². The Kier molecular flexibility index (Phi) is 27.8. The first-order valence-electron chi connectivity index (χ1n) is 12.5. The topological polar surface area (TPSA) is 27.7 Å². The molecule has 0 aliphatic rings.